The standard InChI is InChI=1S/C14H26N2O3/c1-10(2)9-15-12(17)11(3)16-8-6-5-7-14(16,4)13(18)19/h10-11H,5-9H2,1-4H3,(H,15,17)(H,18,19). The molecule has 1 amide bonds. The number of amides is 1. The molecule has 0 saturated carbocycles. The normalized spacial score (nSPS) is 26.2. The molecule has 5 heteroatoms. The number of nitrogens with zero attached hydrogens (tertiary/aromatic N) is 1. The third-order valence-electron chi connectivity index (χ3n) is 3.94. The summed E-state index contributed by atoms with van der Waals surface area (Å²) in [5.41, 5.74) is -0.924. The van der Waals surface area contributed by atoms with Gasteiger partial charge in [0, 0.05) is 13.1 Å². The number of hydrogen-bond donors (Lipinski definition) is 2. The van der Waals surface area contributed by atoms with Gasteiger partial charge in [-0.15, -0.1) is 0 Å². The molecule has 0 radical (unpaired) electrons. The van der Waals surface area contributed by atoms with Crippen molar-refractivity contribution >= 4 is 11.9 Å². The van der Waals surface area contributed by atoms with Crippen LogP contribution in [0.5, 0.6) is 0 Å². The lowest BCUT2D eigenvalue weighted by Crippen LogP contribution is -2.61. The van der Waals surface area contributed by atoms with E-state index in [1.54, 1.807) is 13.8 Å². The first-order valence-electron chi connectivity index (χ1n) is 7.07. The van der Waals surface area contributed by atoms with Crippen LogP contribution in [-0.2, 0) is 9.59 Å². The molecule has 0 spiro atoms. The van der Waals surface area contributed by atoms with E-state index in [4.69, 9.17) is 0 Å². The lowest BCUT2D eigenvalue weighted by Gasteiger charge is -2.44. The van der Waals surface area contributed by atoms with Crippen molar-refractivity contribution in [2.24, 2.45) is 5.92 Å². The average molecular weight is 270 g/mol. The second-order valence-electron chi connectivity index (χ2n) is 6.04. The van der Waals surface area contributed by atoms with Crippen molar-refractivity contribution in [2.45, 2.75) is 58.5 Å². The molecule has 0 aromatic rings. The monoisotopic (exact) mass is 270 g/mol. The predicted molar refractivity (Wildman–Crippen MR) is 73.9 cm³/mol. The van der Waals surface area contributed by atoms with Crippen molar-refractivity contribution in [2.75, 3.05) is 13.1 Å². The van der Waals surface area contributed by atoms with Crippen molar-refractivity contribution in [3.05, 3.63) is 0 Å². The first-order chi connectivity index (χ1) is 8.79. The Morgan fingerprint density at radius 1 is 1.32 bits per heavy atom. The minimum absolute atomic E-state index is 0.0805. The number of nitrogens with one attached hydrogen (secondary N) is 1. The predicted octanol–water partition coefficient (Wildman–Crippen LogP) is 1.48. The second kappa shape index (κ2) is 6.37. The number of aliphatic carboxylic acids is 1. The SMILES string of the molecule is CC(C)CNC(=O)C(C)N1CCCCC1(C)C(=O)O. The summed E-state index contributed by atoms with van der Waals surface area (Å²) in [4.78, 5) is 25.4. The minimum atomic E-state index is -0.924. The van der Waals surface area contributed by atoms with Crippen LogP contribution < -0.4 is 5.32 Å². The van der Waals surface area contributed by atoms with Gasteiger partial charge in [0.25, 0.3) is 0 Å². The van der Waals surface area contributed by atoms with Gasteiger partial charge in [0.15, 0.2) is 0 Å². The summed E-state index contributed by atoms with van der Waals surface area (Å²) in [5, 5.41) is 12.3. The number of likely N-dealkylation sites (tertiary alicyclic amines) is 1. The Balaban J connectivity index is 2.74. The van der Waals surface area contributed by atoms with Gasteiger partial charge >= 0.3 is 5.97 Å². The van der Waals surface area contributed by atoms with E-state index < -0.39 is 17.6 Å². The largest absolute Gasteiger partial charge is 0.480 e. The quantitative estimate of drug-likeness (QED) is 0.794. The van der Waals surface area contributed by atoms with E-state index in [1.165, 1.54) is 0 Å². The van der Waals surface area contributed by atoms with Crippen LogP contribution in [0.2, 0.25) is 0 Å². The summed E-state index contributed by atoms with van der Waals surface area (Å²) in [6.45, 7) is 8.88. The molecule has 2 atom stereocenters. The second-order valence-corrected chi connectivity index (χ2v) is 6.04. The summed E-state index contributed by atoms with van der Waals surface area (Å²) in [6.07, 6.45) is 2.45. The zero-order chi connectivity index (χ0) is 14.6. The van der Waals surface area contributed by atoms with E-state index in [9.17, 15) is 14.7 Å². The number of carboxylic acids is 1. The topological polar surface area (TPSA) is 69.6 Å². The zero-order valence-corrected chi connectivity index (χ0v) is 12.4. The lowest BCUT2D eigenvalue weighted by molar-refractivity contribution is -0.156. The zero-order valence-electron chi connectivity index (χ0n) is 12.4. The molecule has 0 aromatic carbocycles. The molecule has 2 N–H and O–H groups in total. The van der Waals surface area contributed by atoms with E-state index >= 15 is 0 Å². The lowest BCUT2D eigenvalue weighted by atomic mass is 9.87. The number of carbonyl (C=O) groups is 2. The average Bonchev–Trinajstić information content (AvgIpc) is 2.35. The van der Waals surface area contributed by atoms with E-state index in [0.717, 1.165) is 12.8 Å². The first kappa shape index (κ1) is 16.0. The highest BCUT2D eigenvalue weighted by Gasteiger charge is 2.44. The molecule has 19 heavy (non-hydrogen) atoms. The molecule has 0 aliphatic carbocycles. The van der Waals surface area contributed by atoms with Gasteiger partial charge in [-0.2, -0.15) is 0 Å². The Kier molecular flexibility index (Phi) is 5.35. The Morgan fingerprint density at radius 3 is 2.47 bits per heavy atom. The molecule has 1 aliphatic rings. The molecular formula is C14H26N2O3. The van der Waals surface area contributed by atoms with Crippen molar-refractivity contribution in [3.63, 3.8) is 0 Å². The van der Waals surface area contributed by atoms with Crippen molar-refractivity contribution in [3.8, 4) is 0 Å². The molecule has 110 valence electrons. The number of carbonyl (C=O) groups excluding carboxylic acids is 1. The maximum absolute atomic E-state index is 12.1. The van der Waals surface area contributed by atoms with E-state index in [-0.39, 0.29) is 5.91 Å². The molecule has 1 rings (SSSR count). The van der Waals surface area contributed by atoms with Crippen molar-refractivity contribution in [1.29, 1.82) is 0 Å². The van der Waals surface area contributed by atoms with Crippen LogP contribution in [0, 0.1) is 5.92 Å². The van der Waals surface area contributed by atoms with Gasteiger partial charge in [0.2, 0.25) is 5.91 Å². The summed E-state index contributed by atoms with van der Waals surface area (Å²) in [6, 6.07) is -0.403. The maximum Gasteiger partial charge on any atom is 0.323 e. The highest BCUT2D eigenvalue weighted by atomic mass is 16.4. The fourth-order valence-electron chi connectivity index (χ4n) is 2.59. The van der Waals surface area contributed by atoms with Gasteiger partial charge in [-0.3, -0.25) is 14.5 Å². The Labute approximate surface area is 115 Å². The van der Waals surface area contributed by atoms with Crippen LogP contribution in [0.15, 0.2) is 0 Å². The minimum Gasteiger partial charge on any atom is -0.480 e. The summed E-state index contributed by atoms with van der Waals surface area (Å²) >= 11 is 0. The van der Waals surface area contributed by atoms with E-state index in [2.05, 4.69) is 5.32 Å². The van der Waals surface area contributed by atoms with Crippen LogP contribution in [0.3, 0.4) is 0 Å². The van der Waals surface area contributed by atoms with Gasteiger partial charge in [-0.05, 0) is 39.0 Å². The Bertz CT molecular complexity index is 344. The Morgan fingerprint density at radius 2 is 1.95 bits per heavy atom. The molecule has 0 bridgehead atoms. The molecule has 1 fully saturated rings. The third kappa shape index (κ3) is 3.69. The highest BCUT2D eigenvalue weighted by Crippen LogP contribution is 2.30. The van der Waals surface area contributed by atoms with Gasteiger partial charge < -0.3 is 10.4 Å². The first-order valence-corrected chi connectivity index (χ1v) is 7.07. The number of hydrogen-bond acceptors (Lipinski definition) is 3. The summed E-state index contributed by atoms with van der Waals surface area (Å²) < 4.78 is 0. The van der Waals surface area contributed by atoms with Gasteiger partial charge in [0.1, 0.15) is 5.54 Å². The molecule has 5 nitrogen and oxygen atoms in total. The Hall–Kier alpha value is -1.10. The van der Waals surface area contributed by atoms with Crippen LogP contribution in [0.25, 0.3) is 0 Å². The number of carboxylic acid groups (broad SMARTS) is 1. The fourth-order valence-corrected chi connectivity index (χ4v) is 2.59. The van der Waals surface area contributed by atoms with Gasteiger partial charge in [0.05, 0.1) is 6.04 Å². The van der Waals surface area contributed by atoms with Crippen LogP contribution in [0.4, 0.5) is 0 Å². The number of piperidine rings is 1. The molecular weight excluding hydrogens is 244 g/mol. The van der Waals surface area contributed by atoms with Crippen molar-refractivity contribution in [1.82, 2.24) is 10.2 Å². The van der Waals surface area contributed by atoms with E-state index in [1.807, 2.05) is 18.7 Å². The fraction of sp³-hybridized carbons (Fsp3) is 0.857. The van der Waals surface area contributed by atoms with E-state index in [0.29, 0.717) is 25.4 Å². The van der Waals surface area contributed by atoms with Crippen LogP contribution in [0.1, 0.15) is 47.0 Å². The number of rotatable bonds is 5. The van der Waals surface area contributed by atoms with Gasteiger partial charge in [-0.1, -0.05) is 13.8 Å². The van der Waals surface area contributed by atoms with Crippen LogP contribution >= 0.6 is 0 Å². The maximum atomic E-state index is 12.1. The summed E-state index contributed by atoms with van der Waals surface area (Å²) in [7, 11) is 0. The summed E-state index contributed by atoms with van der Waals surface area (Å²) in [5.74, 6) is -0.526. The smallest absolute Gasteiger partial charge is 0.323 e. The molecule has 0 aromatic heterocycles. The molecule has 2 unspecified atom stereocenters. The van der Waals surface area contributed by atoms with Crippen molar-refractivity contribution < 1.29 is 14.7 Å². The van der Waals surface area contributed by atoms with Gasteiger partial charge in [-0.25, -0.2) is 0 Å². The highest BCUT2D eigenvalue weighted by molar-refractivity contribution is 5.84. The van der Waals surface area contributed by atoms with Crippen LogP contribution in [-0.4, -0.2) is 46.6 Å². The molecule has 1 aliphatic heterocycles. The third-order valence-corrected chi connectivity index (χ3v) is 3.94. The molecule has 1 heterocycles. The molecule has 1 saturated heterocycles.